The van der Waals surface area contributed by atoms with Gasteiger partial charge in [-0.1, -0.05) is 36.4 Å². The maximum atomic E-state index is 13.5. The normalized spacial score (nSPS) is 17.1. The van der Waals surface area contributed by atoms with Gasteiger partial charge in [-0.05, 0) is 75.7 Å². The number of hydrogen-bond donors (Lipinski definition) is 1. The summed E-state index contributed by atoms with van der Waals surface area (Å²) in [5.74, 6) is 0.794. The van der Waals surface area contributed by atoms with Crippen LogP contribution in [0.4, 0.5) is 4.39 Å². The Hall–Kier alpha value is -2.25. The van der Waals surface area contributed by atoms with E-state index in [4.69, 9.17) is 4.74 Å². The molecule has 1 unspecified atom stereocenters. The molecule has 1 aliphatic heterocycles. The highest BCUT2D eigenvalue weighted by Crippen LogP contribution is 2.38. The molecule has 0 aliphatic carbocycles. The van der Waals surface area contributed by atoms with Crippen LogP contribution in [0.2, 0.25) is 0 Å². The highest BCUT2D eigenvalue weighted by molar-refractivity contribution is 7.10. The zero-order valence-electron chi connectivity index (χ0n) is 20.5. The van der Waals surface area contributed by atoms with Gasteiger partial charge in [-0.2, -0.15) is 0 Å². The minimum atomic E-state index is -0.178. The first-order valence-corrected chi connectivity index (χ1v) is 13.0. The van der Waals surface area contributed by atoms with Gasteiger partial charge in [0.1, 0.15) is 17.7 Å². The second-order valence-electron chi connectivity index (χ2n) is 9.33. The molecular formula is C28H36FN3OS. The lowest BCUT2D eigenvalue weighted by atomic mass is 9.79. The van der Waals surface area contributed by atoms with Gasteiger partial charge in [-0.15, -0.1) is 11.3 Å². The monoisotopic (exact) mass is 481 g/mol. The number of nitrogens with zero attached hydrogens (tertiary/aromatic N) is 2. The van der Waals surface area contributed by atoms with Crippen LogP contribution >= 0.6 is 11.3 Å². The lowest BCUT2D eigenvalue weighted by molar-refractivity contribution is 0.0500. The predicted octanol–water partition coefficient (Wildman–Crippen LogP) is 5.67. The van der Waals surface area contributed by atoms with Crippen LogP contribution in [0.5, 0.6) is 5.75 Å². The second-order valence-corrected chi connectivity index (χ2v) is 10.3. The zero-order chi connectivity index (χ0) is 24.0. The smallest absolute Gasteiger partial charge is 0.134 e. The van der Waals surface area contributed by atoms with Crippen LogP contribution < -0.4 is 10.1 Å². The van der Waals surface area contributed by atoms with Crippen LogP contribution in [0.3, 0.4) is 0 Å². The summed E-state index contributed by atoms with van der Waals surface area (Å²) in [4.78, 5) is 6.08. The first-order valence-electron chi connectivity index (χ1n) is 12.1. The SMILES string of the molecule is CNCCC(Oc1ccccc1CN1CCC(c2ccc(F)cc2)(N(C)C)CC1)c1cccs1. The summed E-state index contributed by atoms with van der Waals surface area (Å²) in [6.45, 7) is 3.75. The molecule has 0 bridgehead atoms. The van der Waals surface area contributed by atoms with Crippen LogP contribution in [0.15, 0.2) is 66.0 Å². The van der Waals surface area contributed by atoms with E-state index in [0.29, 0.717) is 0 Å². The van der Waals surface area contributed by atoms with Crippen molar-refractivity contribution in [3.63, 3.8) is 0 Å². The molecule has 2 aromatic carbocycles. The fraction of sp³-hybridized carbons (Fsp3) is 0.429. The summed E-state index contributed by atoms with van der Waals surface area (Å²) in [7, 11) is 6.26. The third kappa shape index (κ3) is 5.69. The van der Waals surface area contributed by atoms with Crippen molar-refractivity contribution in [2.75, 3.05) is 40.8 Å². The van der Waals surface area contributed by atoms with Crippen LogP contribution in [0.25, 0.3) is 0 Å². The van der Waals surface area contributed by atoms with Gasteiger partial charge in [0, 0.05) is 42.0 Å². The fourth-order valence-corrected chi connectivity index (χ4v) is 5.78. The fourth-order valence-electron chi connectivity index (χ4n) is 4.99. The largest absolute Gasteiger partial charge is 0.485 e. The van der Waals surface area contributed by atoms with Crippen LogP contribution in [0, 0.1) is 5.82 Å². The molecule has 1 aliphatic rings. The Morgan fingerprint density at radius 3 is 2.44 bits per heavy atom. The van der Waals surface area contributed by atoms with Crippen molar-refractivity contribution in [3.8, 4) is 5.75 Å². The quantitative estimate of drug-likeness (QED) is 0.404. The molecule has 2 heterocycles. The van der Waals surface area contributed by atoms with Gasteiger partial charge < -0.3 is 10.1 Å². The van der Waals surface area contributed by atoms with E-state index >= 15 is 0 Å². The molecule has 0 spiro atoms. The Kier molecular flexibility index (Phi) is 8.37. The highest BCUT2D eigenvalue weighted by atomic mass is 32.1. The van der Waals surface area contributed by atoms with E-state index in [1.165, 1.54) is 16.0 Å². The molecule has 6 heteroatoms. The molecular weight excluding hydrogens is 445 g/mol. The number of rotatable bonds is 10. The Morgan fingerprint density at radius 2 is 1.79 bits per heavy atom. The van der Waals surface area contributed by atoms with Crippen molar-refractivity contribution >= 4 is 11.3 Å². The Morgan fingerprint density at radius 1 is 1.06 bits per heavy atom. The first-order chi connectivity index (χ1) is 16.5. The molecule has 4 nitrogen and oxygen atoms in total. The maximum absolute atomic E-state index is 13.5. The van der Waals surface area contributed by atoms with Gasteiger partial charge in [0.15, 0.2) is 0 Å². The average molecular weight is 482 g/mol. The van der Waals surface area contributed by atoms with E-state index in [1.807, 2.05) is 19.2 Å². The van der Waals surface area contributed by atoms with Gasteiger partial charge >= 0.3 is 0 Å². The third-order valence-corrected chi connectivity index (χ3v) is 8.04. The van der Waals surface area contributed by atoms with E-state index in [2.05, 4.69) is 71.0 Å². The predicted molar refractivity (Wildman–Crippen MR) is 139 cm³/mol. The van der Waals surface area contributed by atoms with Crippen LogP contribution in [-0.4, -0.2) is 50.6 Å². The van der Waals surface area contributed by atoms with E-state index < -0.39 is 0 Å². The number of para-hydroxylation sites is 1. The second kappa shape index (κ2) is 11.5. The maximum Gasteiger partial charge on any atom is 0.134 e. The summed E-state index contributed by atoms with van der Waals surface area (Å²) in [6, 6.07) is 19.8. The van der Waals surface area contributed by atoms with Crippen molar-refractivity contribution in [2.24, 2.45) is 0 Å². The molecule has 0 saturated carbocycles. The molecule has 1 saturated heterocycles. The molecule has 1 aromatic heterocycles. The van der Waals surface area contributed by atoms with E-state index in [-0.39, 0.29) is 17.5 Å². The number of likely N-dealkylation sites (tertiary alicyclic amines) is 1. The summed E-state index contributed by atoms with van der Waals surface area (Å²) < 4.78 is 20.1. The molecule has 0 amide bonds. The highest BCUT2D eigenvalue weighted by Gasteiger charge is 2.38. The number of piperidine rings is 1. The summed E-state index contributed by atoms with van der Waals surface area (Å²) in [6.07, 6.45) is 3.00. The lowest BCUT2D eigenvalue weighted by Crippen LogP contribution is -2.50. The first kappa shape index (κ1) is 24.9. The van der Waals surface area contributed by atoms with Crippen molar-refractivity contribution in [2.45, 2.75) is 37.5 Å². The Bertz CT molecular complexity index is 1010. The number of ether oxygens (including phenoxy) is 1. The van der Waals surface area contributed by atoms with Gasteiger partial charge in [0.05, 0.1) is 0 Å². The van der Waals surface area contributed by atoms with Gasteiger partial charge in [0.2, 0.25) is 0 Å². The Labute approximate surface area is 207 Å². The summed E-state index contributed by atoms with van der Waals surface area (Å²) in [5, 5.41) is 5.37. The molecule has 1 N–H and O–H groups in total. The molecule has 1 atom stereocenters. The molecule has 4 rings (SSSR count). The van der Waals surface area contributed by atoms with Crippen molar-refractivity contribution in [3.05, 3.63) is 87.9 Å². The van der Waals surface area contributed by atoms with Crippen LogP contribution in [-0.2, 0) is 12.1 Å². The molecule has 0 radical (unpaired) electrons. The Balaban J connectivity index is 1.46. The zero-order valence-corrected chi connectivity index (χ0v) is 21.3. The number of nitrogens with one attached hydrogen (secondary N) is 1. The average Bonchev–Trinajstić information content (AvgIpc) is 3.39. The summed E-state index contributed by atoms with van der Waals surface area (Å²) >= 11 is 1.75. The summed E-state index contributed by atoms with van der Waals surface area (Å²) in [5.41, 5.74) is 2.37. The minimum Gasteiger partial charge on any atom is -0.485 e. The number of benzene rings is 2. The minimum absolute atomic E-state index is 0.0508. The van der Waals surface area contributed by atoms with Gasteiger partial charge in [0.25, 0.3) is 0 Å². The van der Waals surface area contributed by atoms with Gasteiger partial charge in [-0.3, -0.25) is 9.80 Å². The van der Waals surface area contributed by atoms with Crippen molar-refractivity contribution in [1.82, 2.24) is 15.1 Å². The molecule has 34 heavy (non-hydrogen) atoms. The standard InChI is InChI=1S/C28H36FN3OS/c1-30-17-14-26(27-9-6-20-34-27)33-25-8-5-4-7-22(25)21-32-18-15-28(16-19-32,31(2)3)23-10-12-24(29)13-11-23/h4-13,20,26,30H,14-19,21H2,1-3H3. The third-order valence-electron chi connectivity index (χ3n) is 7.07. The topological polar surface area (TPSA) is 27.7 Å². The van der Waals surface area contributed by atoms with Crippen molar-refractivity contribution < 1.29 is 9.13 Å². The molecule has 3 aromatic rings. The van der Waals surface area contributed by atoms with Gasteiger partial charge in [-0.25, -0.2) is 4.39 Å². The number of halogens is 1. The van der Waals surface area contributed by atoms with E-state index in [0.717, 1.165) is 51.2 Å². The molecule has 1 fully saturated rings. The lowest BCUT2D eigenvalue weighted by Gasteiger charge is -2.46. The molecule has 182 valence electrons. The van der Waals surface area contributed by atoms with E-state index in [1.54, 1.807) is 23.5 Å². The van der Waals surface area contributed by atoms with Crippen molar-refractivity contribution in [1.29, 1.82) is 0 Å². The van der Waals surface area contributed by atoms with E-state index in [9.17, 15) is 4.39 Å². The number of hydrogen-bond acceptors (Lipinski definition) is 5. The van der Waals surface area contributed by atoms with Crippen LogP contribution in [0.1, 0.15) is 41.4 Å². The number of thiophene rings is 1.